The van der Waals surface area contributed by atoms with Crippen LogP contribution < -0.4 is 4.74 Å². The van der Waals surface area contributed by atoms with E-state index in [1.807, 2.05) is 31.4 Å². The molecule has 152 valence electrons. The Kier molecular flexibility index (Phi) is 7.23. The van der Waals surface area contributed by atoms with Crippen LogP contribution in [0.25, 0.3) is 0 Å². The van der Waals surface area contributed by atoms with Gasteiger partial charge in [-0.2, -0.15) is 0 Å². The first-order chi connectivity index (χ1) is 14.0. The minimum absolute atomic E-state index is 0.0463. The number of rotatable bonds is 8. The van der Waals surface area contributed by atoms with Crippen molar-refractivity contribution in [2.24, 2.45) is 0 Å². The quantitative estimate of drug-likeness (QED) is 0.441. The highest BCUT2D eigenvalue weighted by molar-refractivity contribution is 7.09. The fourth-order valence-electron chi connectivity index (χ4n) is 2.80. The lowest BCUT2D eigenvalue weighted by Gasteiger charge is -2.28. The molecule has 0 aliphatic rings. The average Bonchev–Trinajstić information content (AvgIpc) is 3.17. The van der Waals surface area contributed by atoms with Gasteiger partial charge in [0.05, 0.1) is 17.8 Å². The van der Waals surface area contributed by atoms with E-state index < -0.39 is 5.82 Å². The molecule has 1 atom stereocenters. The Morgan fingerprint density at radius 2 is 2.07 bits per heavy atom. The van der Waals surface area contributed by atoms with Crippen LogP contribution in [0.2, 0.25) is 5.02 Å². The van der Waals surface area contributed by atoms with E-state index in [0.29, 0.717) is 23.9 Å². The van der Waals surface area contributed by atoms with Crippen LogP contribution in [0.1, 0.15) is 41.3 Å². The number of carbonyl (C=O) groups is 1. The van der Waals surface area contributed by atoms with E-state index in [0.717, 1.165) is 17.1 Å². The lowest BCUT2D eigenvalue weighted by molar-refractivity contribution is 0.0664. The molecule has 7 heteroatoms. The molecule has 0 spiro atoms. The molecule has 0 unspecified atom stereocenters. The van der Waals surface area contributed by atoms with Crippen LogP contribution >= 0.6 is 22.9 Å². The van der Waals surface area contributed by atoms with Gasteiger partial charge in [0, 0.05) is 16.4 Å². The van der Waals surface area contributed by atoms with E-state index in [-0.39, 0.29) is 17.5 Å². The number of aromatic nitrogens is 1. The molecule has 0 bridgehead atoms. The lowest BCUT2D eigenvalue weighted by atomic mass is 10.1. The first-order valence-corrected chi connectivity index (χ1v) is 10.6. The van der Waals surface area contributed by atoms with Crippen LogP contribution in [0.3, 0.4) is 0 Å². The summed E-state index contributed by atoms with van der Waals surface area (Å²) < 4.78 is 19.8. The number of thiazole rings is 1. The van der Waals surface area contributed by atoms with E-state index in [1.165, 1.54) is 23.5 Å². The van der Waals surface area contributed by atoms with Crippen LogP contribution in [0, 0.1) is 5.82 Å². The first-order valence-electron chi connectivity index (χ1n) is 9.35. The molecule has 0 saturated heterocycles. The maximum atomic E-state index is 14.1. The van der Waals surface area contributed by atoms with Gasteiger partial charge in [0.15, 0.2) is 0 Å². The Morgan fingerprint density at radius 1 is 1.28 bits per heavy atom. The van der Waals surface area contributed by atoms with Crippen molar-refractivity contribution in [2.75, 3.05) is 0 Å². The second-order valence-corrected chi connectivity index (χ2v) is 8.03. The van der Waals surface area contributed by atoms with Crippen molar-refractivity contribution >= 4 is 28.8 Å². The summed E-state index contributed by atoms with van der Waals surface area (Å²) in [7, 11) is 0. The minimum atomic E-state index is -0.514. The summed E-state index contributed by atoms with van der Waals surface area (Å²) in [5.41, 5.74) is 0.831. The monoisotopic (exact) mass is 432 g/mol. The zero-order chi connectivity index (χ0) is 20.8. The average molecular weight is 433 g/mol. The van der Waals surface area contributed by atoms with Gasteiger partial charge in [-0.1, -0.05) is 36.7 Å². The molecule has 4 nitrogen and oxygen atoms in total. The molecule has 2 aromatic carbocycles. The van der Waals surface area contributed by atoms with Crippen molar-refractivity contribution in [3.8, 4) is 5.75 Å². The summed E-state index contributed by atoms with van der Waals surface area (Å²) in [5.74, 6) is -0.174. The lowest BCUT2D eigenvalue weighted by Crippen LogP contribution is -2.38. The maximum Gasteiger partial charge on any atom is 0.257 e. The van der Waals surface area contributed by atoms with Crippen molar-refractivity contribution in [2.45, 2.75) is 39.5 Å². The third kappa shape index (κ3) is 5.55. The number of ether oxygens (including phenoxy) is 1. The maximum absolute atomic E-state index is 14.1. The van der Waals surface area contributed by atoms with Gasteiger partial charge in [0.2, 0.25) is 0 Å². The van der Waals surface area contributed by atoms with Gasteiger partial charge in [-0.25, -0.2) is 9.37 Å². The fourth-order valence-corrected chi connectivity index (χ4v) is 3.68. The van der Waals surface area contributed by atoms with Gasteiger partial charge in [-0.05, 0) is 43.7 Å². The van der Waals surface area contributed by atoms with Crippen molar-refractivity contribution < 1.29 is 13.9 Å². The number of halogens is 2. The molecular formula is C22H22ClFN2O2S. The minimum Gasteiger partial charge on any atom is -0.486 e. The van der Waals surface area contributed by atoms with Gasteiger partial charge in [0.1, 0.15) is 23.2 Å². The molecular weight excluding hydrogens is 411 g/mol. The van der Waals surface area contributed by atoms with Crippen LogP contribution in [0.4, 0.5) is 4.39 Å². The number of carbonyl (C=O) groups excluding carboxylic acids is 1. The van der Waals surface area contributed by atoms with Gasteiger partial charge >= 0.3 is 0 Å². The standard InChI is InChI=1S/C22H22ClFN2O2S/c1-3-15(2)26(22(27)19-9-4-5-10-20(19)24)12-17-14-29-21(25-17)13-28-18-8-6-7-16(23)11-18/h4-11,14-15H,3,12-13H2,1-2H3/t15-/m1/s1. The van der Waals surface area contributed by atoms with Gasteiger partial charge in [-0.15, -0.1) is 11.3 Å². The van der Waals surface area contributed by atoms with Crippen LogP contribution in [0.5, 0.6) is 5.75 Å². The fraction of sp³-hybridized carbons (Fsp3) is 0.273. The summed E-state index contributed by atoms with van der Waals surface area (Å²) >= 11 is 7.43. The van der Waals surface area contributed by atoms with Gasteiger partial charge in [-0.3, -0.25) is 4.79 Å². The highest BCUT2D eigenvalue weighted by atomic mass is 35.5. The van der Waals surface area contributed by atoms with Crippen LogP contribution in [-0.2, 0) is 13.2 Å². The number of hydrogen-bond donors (Lipinski definition) is 0. The predicted octanol–water partition coefficient (Wildman–Crippen LogP) is 5.96. The summed E-state index contributed by atoms with van der Waals surface area (Å²) in [4.78, 5) is 19.2. The summed E-state index contributed by atoms with van der Waals surface area (Å²) in [5, 5.41) is 3.31. The van der Waals surface area contributed by atoms with E-state index in [4.69, 9.17) is 16.3 Å². The Bertz CT molecular complexity index is 979. The normalized spacial score (nSPS) is 11.9. The van der Waals surface area contributed by atoms with Gasteiger partial charge in [0.25, 0.3) is 5.91 Å². The predicted molar refractivity (Wildman–Crippen MR) is 114 cm³/mol. The topological polar surface area (TPSA) is 42.4 Å². The Hall–Kier alpha value is -2.44. The Labute approximate surface area is 178 Å². The summed E-state index contributed by atoms with van der Waals surface area (Å²) in [6.07, 6.45) is 0.759. The van der Waals surface area contributed by atoms with E-state index >= 15 is 0 Å². The third-order valence-corrected chi connectivity index (χ3v) is 5.68. The van der Waals surface area contributed by atoms with Gasteiger partial charge < -0.3 is 9.64 Å². The number of nitrogens with zero attached hydrogens (tertiary/aromatic N) is 2. The largest absolute Gasteiger partial charge is 0.486 e. The molecule has 29 heavy (non-hydrogen) atoms. The molecule has 3 aromatic rings. The van der Waals surface area contributed by atoms with Crippen LogP contribution in [-0.4, -0.2) is 21.8 Å². The summed E-state index contributed by atoms with van der Waals surface area (Å²) in [6.45, 7) is 4.58. The molecule has 0 aliphatic carbocycles. The number of benzene rings is 2. The van der Waals surface area contributed by atoms with E-state index in [2.05, 4.69) is 4.98 Å². The smallest absolute Gasteiger partial charge is 0.257 e. The first kappa shape index (κ1) is 21.3. The number of amides is 1. The molecule has 0 N–H and O–H groups in total. The van der Waals surface area contributed by atoms with E-state index in [9.17, 15) is 9.18 Å². The number of hydrogen-bond acceptors (Lipinski definition) is 4. The molecule has 0 saturated carbocycles. The molecule has 0 radical (unpaired) electrons. The molecule has 0 aliphatic heterocycles. The van der Waals surface area contributed by atoms with Crippen molar-refractivity contribution in [1.82, 2.24) is 9.88 Å². The Balaban J connectivity index is 1.70. The molecule has 1 heterocycles. The zero-order valence-corrected chi connectivity index (χ0v) is 17.8. The Morgan fingerprint density at radius 3 is 2.79 bits per heavy atom. The molecule has 1 amide bonds. The second kappa shape index (κ2) is 9.85. The highest BCUT2D eigenvalue weighted by Crippen LogP contribution is 2.21. The molecule has 1 aromatic heterocycles. The van der Waals surface area contributed by atoms with E-state index in [1.54, 1.807) is 29.2 Å². The van der Waals surface area contributed by atoms with Crippen LogP contribution in [0.15, 0.2) is 53.9 Å². The zero-order valence-electron chi connectivity index (χ0n) is 16.3. The highest BCUT2D eigenvalue weighted by Gasteiger charge is 2.24. The molecule has 0 fully saturated rings. The van der Waals surface area contributed by atoms with Crippen molar-refractivity contribution in [3.63, 3.8) is 0 Å². The SMILES string of the molecule is CC[C@@H](C)N(Cc1csc(COc2cccc(Cl)c2)n1)C(=O)c1ccccc1F. The summed E-state index contributed by atoms with van der Waals surface area (Å²) in [6, 6.07) is 13.2. The third-order valence-electron chi connectivity index (χ3n) is 4.58. The van der Waals surface area contributed by atoms with Crippen molar-refractivity contribution in [1.29, 1.82) is 0 Å². The molecule has 3 rings (SSSR count). The second-order valence-electron chi connectivity index (χ2n) is 6.65. The van der Waals surface area contributed by atoms with Crippen molar-refractivity contribution in [3.05, 3.63) is 81.0 Å².